The summed E-state index contributed by atoms with van der Waals surface area (Å²) in [5, 5.41) is 11.8. The quantitative estimate of drug-likeness (QED) is 0.757. The number of nitrogens with one attached hydrogen (secondary N) is 1. The molecule has 0 radical (unpaired) electrons. The van der Waals surface area contributed by atoms with Crippen molar-refractivity contribution in [2.45, 2.75) is 19.4 Å². The molecule has 1 aromatic rings. The van der Waals surface area contributed by atoms with Crippen molar-refractivity contribution >= 4 is 15.9 Å². The van der Waals surface area contributed by atoms with Gasteiger partial charge < -0.3 is 15.2 Å². The highest BCUT2D eigenvalue weighted by Crippen LogP contribution is 2.23. The molecule has 0 heterocycles. The molecule has 3 nitrogen and oxygen atoms in total. The van der Waals surface area contributed by atoms with Gasteiger partial charge in [-0.15, -0.1) is 0 Å². The summed E-state index contributed by atoms with van der Waals surface area (Å²) >= 11 is 3.44. The van der Waals surface area contributed by atoms with Gasteiger partial charge in [0.2, 0.25) is 0 Å². The SMILES string of the molecule is CNCc1cc(Br)ccc1OCCCCO. The Hall–Kier alpha value is -0.580. The molecule has 4 heteroatoms. The Morgan fingerprint density at radius 1 is 1.38 bits per heavy atom. The van der Waals surface area contributed by atoms with Crippen molar-refractivity contribution in [1.29, 1.82) is 0 Å². The lowest BCUT2D eigenvalue weighted by atomic mass is 10.2. The summed E-state index contributed by atoms with van der Waals surface area (Å²) in [6.45, 7) is 1.67. The van der Waals surface area contributed by atoms with Crippen LogP contribution in [-0.4, -0.2) is 25.4 Å². The molecule has 1 rings (SSSR count). The number of ether oxygens (including phenoxy) is 1. The summed E-state index contributed by atoms with van der Waals surface area (Å²) in [4.78, 5) is 0. The smallest absolute Gasteiger partial charge is 0.123 e. The van der Waals surface area contributed by atoms with E-state index in [0.717, 1.165) is 35.2 Å². The van der Waals surface area contributed by atoms with Crippen molar-refractivity contribution in [2.75, 3.05) is 20.3 Å². The number of aliphatic hydroxyl groups is 1. The minimum Gasteiger partial charge on any atom is -0.493 e. The molecule has 90 valence electrons. The molecule has 0 aromatic heterocycles. The van der Waals surface area contributed by atoms with Crippen molar-refractivity contribution < 1.29 is 9.84 Å². The Morgan fingerprint density at radius 3 is 2.88 bits per heavy atom. The van der Waals surface area contributed by atoms with Crippen LogP contribution in [0.3, 0.4) is 0 Å². The lowest BCUT2D eigenvalue weighted by Gasteiger charge is -2.11. The van der Waals surface area contributed by atoms with Crippen LogP contribution in [0.5, 0.6) is 5.75 Å². The minimum absolute atomic E-state index is 0.229. The van der Waals surface area contributed by atoms with Gasteiger partial charge in [0.05, 0.1) is 6.61 Å². The first-order chi connectivity index (χ1) is 7.77. The van der Waals surface area contributed by atoms with Crippen molar-refractivity contribution in [3.8, 4) is 5.75 Å². The van der Waals surface area contributed by atoms with Gasteiger partial charge in [0.15, 0.2) is 0 Å². The highest BCUT2D eigenvalue weighted by molar-refractivity contribution is 9.10. The lowest BCUT2D eigenvalue weighted by molar-refractivity contribution is 0.252. The Kier molecular flexibility index (Phi) is 6.45. The summed E-state index contributed by atoms with van der Waals surface area (Å²) < 4.78 is 6.73. The molecule has 0 saturated carbocycles. The van der Waals surface area contributed by atoms with Gasteiger partial charge in [-0.1, -0.05) is 15.9 Å². The molecular formula is C12H18BrNO2. The normalized spacial score (nSPS) is 10.4. The maximum Gasteiger partial charge on any atom is 0.123 e. The van der Waals surface area contributed by atoms with Crippen molar-refractivity contribution in [3.05, 3.63) is 28.2 Å². The third-order valence-electron chi connectivity index (χ3n) is 2.20. The van der Waals surface area contributed by atoms with E-state index in [-0.39, 0.29) is 6.61 Å². The predicted molar refractivity (Wildman–Crippen MR) is 68.7 cm³/mol. The van der Waals surface area contributed by atoms with Crippen molar-refractivity contribution in [2.24, 2.45) is 0 Å². The molecule has 0 spiro atoms. The van der Waals surface area contributed by atoms with Crippen LogP contribution < -0.4 is 10.1 Å². The van der Waals surface area contributed by atoms with Gasteiger partial charge in [-0.25, -0.2) is 0 Å². The van der Waals surface area contributed by atoms with Gasteiger partial charge in [0, 0.05) is 23.2 Å². The molecule has 0 saturated heterocycles. The first-order valence-electron chi connectivity index (χ1n) is 5.44. The number of benzene rings is 1. The van der Waals surface area contributed by atoms with Gasteiger partial charge in [0.25, 0.3) is 0 Å². The van der Waals surface area contributed by atoms with Crippen LogP contribution in [0.2, 0.25) is 0 Å². The van der Waals surface area contributed by atoms with E-state index >= 15 is 0 Å². The molecule has 16 heavy (non-hydrogen) atoms. The topological polar surface area (TPSA) is 41.5 Å². The van der Waals surface area contributed by atoms with Gasteiger partial charge in [-0.05, 0) is 38.1 Å². The molecule has 0 fully saturated rings. The van der Waals surface area contributed by atoms with E-state index in [2.05, 4.69) is 27.3 Å². The van der Waals surface area contributed by atoms with E-state index in [1.807, 2.05) is 19.2 Å². The van der Waals surface area contributed by atoms with Crippen LogP contribution in [0.25, 0.3) is 0 Å². The van der Waals surface area contributed by atoms with Crippen molar-refractivity contribution in [3.63, 3.8) is 0 Å². The van der Waals surface area contributed by atoms with Crippen LogP contribution in [0.4, 0.5) is 0 Å². The molecule has 0 amide bonds. The van der Waals surface area contributed by atoms with Gasteiger partial charge >= 0.3 is 0 Å². The van der Waals surface area contributed by atoms with Crippen LogP contribution in [0, 0.1) is 0 Å². The number of aliphatic hydroxyl groups excluding tert-OH is 1. The van der Waals surface area contributed by atoms with Gasteiger partial charge in [-0.2, -0.15) is 0 Å². The average molecular weight is 288 g/mol. The predicted octanol–water partition coefficient (Wildman–Crippen LogP) is 2.32. The zero-order chi connectivity index (χ0) is 11.8. The summed E-state index contributed by atoms with van der Waals surface area (Å²) in [7, 11) is 1.91. The Morgan fingerprint density at radius 2 is 2.19 bits per heavy atom. The van der Waals surface area contributed by atoms with E-state index in [1.165, 1.54) is 0 Å². The largest absolute Gasteiger partial charge is 0.493 e. The van der Waals surface area contributed by atoms with Gasteiger partial charge in [0.1, 0.15) is 5.75 Å². The molecule has 0 atom stereocenters. The molecule has 0 aliphatic carbocycles. The maximum atomic E-state index is 8.67. The highest BCUT2D eigenvalue weighted by Gasteiger charge is 2.03. The third kappa shape index (κ3) is 4.51. The summed E-state index contributed by atoms with van der Waals surface area (Å²) in [5.74, 6) is 0.912. The van der Waals surface area contributed by atoms with E-state index in [1.54, 1.807) is 0 Å². The molecule has 1 aromatic carbocycles. The Labute approximate surface area is 105 Å². The summed E-state index contributed by atoms with van der Waals surface area (Å²) in [6, 6.07) is 5.99. The number of unbranched alkanes of at least 4 members (excludes halogenated alkanes) is 1. The van der Waals surface area contributed by atoms with E-state index in [4.69, 9.17) is 9.84 Å². The third-order valence-corrected chi connectivity index (χ3v) is 2.69. The number of hydrogen-bond acceptors (Lipinski definition) is 3. The average Bonchev–Trinajstić information content (AvgIpc) is 2.27. The summed E-state index contributed by atoms with van der Waals surface area (Å²) in [5.41, 5.74) is 1.14. The molecule has 0 bridgehead atoms. The standard InChI is InChI=1S/C12H18BrNO2/c1-14-9-10-8-11(13)4-5-12(10)16-7-3-2-6-15/h4-5,8,14-15H,2-3,6-7,9H2,1H3. The fraction of sp³-hybridized carbons (Fsp3) is 0.500. The Balaban J connectivity index is 2.56. The number of halogens is 1. The van der Waals surface area contributed by atoms with E-state index < -0.39 is 0 Å². The molecular weight excluding hydrogens is 270 g/mol. The van der Waals surface area contributed by atoms with Crippen LogP contribution in [0.1, 0.15) is 18.4 Å². The van der Waals surface area contributed by atoms with E-state index in [9.17, 15) is 0 Å². The van der Waals surface area contributed by atoms with Crippen molar-refractivity contribution in [1.82, 2.24) is 5.32 Å². The number of rotatable bonds is 7. The molecule has 0 unspecified atom stereocenters. The zero-order valence-corrected chi connectivity index (χ0v) is 11.1. The Bertz CT molecular complexity index is 318. The van der Waals surface area contributed by atoms with Crippen LogP contribution in [-0.2, 0) is 6.54 Å². The lowest BCUT2D eigenvalue weighted by Crippen LogP contribution is -2.08. The van der Waals surface area contributed by atoms with Gasteiger partial charge in [-0.3, -0.25) is 0 Å². The van der Waals surface area contributed by atoms with Crippen LogP contribution >= 0.6 is 15.9 Å². The fourth-order valence-corrected chi connectivity index (χ4v) is 1.82. The summed E-state index contributed by atoms with van der Waals surface area (Å²) in [6.07, 6.45) is 1.67. The first-order valence-corrected chi connectivity index (χ1v) is 6.24. The zero-order valence-electron chi connectivity index (χ0n) is 9.50. The first kappa shape index (κ1) is 13.5. The second-order valence-corrected chi connectivity index (χ2v) is 4.48. The van der Waals surface area contributed by atoms with Crippen LogP contribution in [0.15, 0.2) is 22.7 Å². The maximum absolute atomic E-state index is 8.67. The molecule has 0 aliphatic heterocycles. The van der Waals surface area contributed by atoms with E-state index in [0.29, 0.717) is 6.61 Å². The molecule has 0 aliphatic rings. The second kappa shape index (κ2) is 7.65. The number of hydrogen-bond donors (Lipinski definition) is 2. The second-order valence-electron chi connectivity index (χ2n) is 3.56. The minimum atomic E-state index is 0.229. The fourth-order valence-electron chi connectivity index (χ4n) is 1.41. The monoisotopic (exact) mass is 287 g/mol. The highest BCUT2D eigenvalue weighted by atomic mass is 79.9. The molecule has 2 N–H and O–H groups in total.